The van der Waals surface area contributed by atoms with Crippen LogP contribution >= 0.6 is 11.3 Å². The number of thiophene rings is 1. The summed E-state index contributed by atoms with van der Waals surface area (Å²) in [6, 6.07) is 1.87. The van der Waals surface area contributed by atoms with E-state index in [1.807, 2.05) is 18.4 Å². The van der Waals surface area contributed by atoms with Crippen LogP contribution in [-0.4, -0.2) is 11.1 Å². The first-order chi connectivity index (χ1) is 5.46. The monoisotopic (exact) mass is 185 g/mol. The fourth-order valence-electron chi connectivity index (χ4n) is 1.00. The summed E-state index contributed by atoms with van der Waals surface area (Å²) in [5, 5.41) is 10.7. The van der Waals surface area contributed by atoms with Gasteiger partial charge in [0.1, 0.15) is 5.54 Å². The van der Waals surface area contributed by atoms with Crippen LogP contribution < -0.4 is 5.73 Å². The van der Waals surface area contributed by atoms with Crippen LogP contribution in [0.3, 0.4) is 0 Å². The molecule has 0 aliphatic carbocycles. The molecular formula is C8H11NO2S. The largest absolute Gasteiger partial charge is 0.480 e. The fraction of sp³-hybridized carbons (Fsp3) is 0.375. The van der Waals surface area contributed by atoms with Crippen LogP contribution in [0.25, 0.3) is 0 Å². The van der Waals surface area contributed by atoms with Gasteiger partial charge in [-0.15, -0.1) is 11.3 Å². The molecule has 1 rings (SSSR count). The third kappa shape index (κ3) is 1.35. The number of nitrogens with two attached hydrogens (primary N) is 1. The maximum Gasteiger partial charge on any atom is 0.328 e. The lowest BCUT2D eigenvalue weighted by Crippen LogP contribution is -2.41. The molecule has 0 amide bonds. The first-order valence-corrected chi connectivity index (χ1v) is 4.41. The molecule has 4 heteroatoms. The maximum atomic E-state index is 10.8. The summed E-state index contributed by atoms with van der Waals surface area (Å²) in [5.74, 6) is -0.993. The molecule has 1 unspecified atom stereocenters. The summed E-state index contributed by atoms with van der Waals surface area (Å²) in [6.07, 6.45) is 0. The molecule has 0 fully saturated rings. The van der Waals surface area contributed by atoms with Crippen molar-refractivity contribution in [1.82, 2.24) is 0 Å². The number of carboxylic acids is 1. The Labute approximate surface area is 74.8 Å². The summed E-state index contributed by atoms with van der Waals surface area (Å²) in [4.78, 5) is 11.5. The smallest absolute Gasteiger partial charge is 0.328 e. The molecular weight excluding hydrogens is 174 g/mol. The van der Waals surface area contributed by atoms with Crippen molar-refractivity contribution in [2.75, 3.05) is 0 Å². The van der Waals surface area contributed by atoms with Gasteiger partial charge < -0.3 is 10.8 Å². The van der Waals surface area contributed by atoms with E-state index in [4.69, 9.17) is 10.8 Å². The Balaban J connectivity index is 3.13. The molecule has 3 N–H and O–H groups in total. The van der Waals surface area contributed by atoms with Crippen molar-refractivity contribution in [1.29, 1.82) is 0 Å². The van der Waals surface area contributed by atoms with Crippen LogP contribution in [0.5, 0.6) is 0 Å². The molecule has 0 aliphatic rings. The van der Waals surface area contributed by atoms with E-state index >= 15 is 0 Å². The highest BCUT2D eigenvalue weighted by atomic mass is 32.1. The number of hydrogen-bond acceptors (Lipinski definition) is 3. The highest BCUT2D eigenvalue weighted by Gasteiger charge is 2.32. The average Bonchev–Trinajstić information content (AvgIpc) is 2.35. The van der Waals surface area contributed by atoms with Gasteiger partial charge in [-0.25, -0.2) is 4.79 Å². The second-order valence-electron chi connectivity index (χ2n) is 2.94. The highest BCUT2D eigenvalue weighted by molar-refractivity contribution is 7.10. The normalized spacial score (nSPS) is 15.6. The lowest BCUT2D eigenvalue weighted by molar-refractivity contribution is -0.142. The molecule has 3 nitrogen and oxygen atoms in total. The Kier molecular flexibility index (Phi) is 2.21. The quantitative estimate of drug-likeness (QED) is 0.730. The molecule has 1 atom stereocenters. The minimum Gasteiger partial charge on any atom is -0.480 e. The SMILES string of the molecule is Cc1ccsc1C(C)(N)C(=O)O. The predicted molar refractivity (Wildman–Crippen MR) is 48.2 cm³/mol. The summed E-state index contributed by atoms with van der Waals surface area (Å²) >= 11 is 1.38. The van der Waals surface area contributed by atoms with Crippen molar-refractivity contribution in [3.05, 3.63) is 21.9 Å². The van der Waals surface area contributed by atoms with Crippen molar-refractivity contribution >= 4 is 17.3 Å². The van der Waals surface area contributed by atoms with Gasteiger partial charge in [0.2, 0.25) is 0 Å². The zero-order valence-electron chi connectivity index (χ0n) is 7.00. The number of rotatable bonds is 2. The van der Waals surface area contributed by atoms with Crippen molar-refractivity contribution < 1.29 is 9.90 Å². The van der Waals surface area contributed by atoms with Crippen molar-refractivity contribution in [3.63, 3.8) is 0 Å². The van der Waals surface area contributed by atoms with E-state index in [1.165, 1.54) is 18.3 Å². The molecule has 1 heterocycles. The van der Waals surface area contributed by atoms with Crippen LogP contribution in [0.1, 0.15) is 17.4 Å². The summed E-state index contributed by atoms with van der Waals surface area (Å²) in [7, 11) is 0. The van der Waals surface area contributed by atoms with Crippen LogP contribution in [0.2, 0.25) is 0 Å². The van der Waals surface area contributed by atoms with Crippen molar-refractivity contribution in [2.45, 2.75) is 19.4 Å². The van der Waals surface area contributed by atoms with E-state index in [2.05, 4.69) is 0 Å². The van der Waals surface area contributed by atoms with Gasteiger partial charge in [-0.05, 0) is 30.9 Å². The number of hydrogen-bond donors (Lipinski definition) is 2. The van der Waals surface area contributed by atoms with Crippen molar-refractivity contribution in [3.8, 4) is 0 Å². The number of aryl methyl sites for hydroxylation is 1. The number of carboxylic acid groups (broad SMARTS) is 1. The fourth-order valence-corrected chi connectivity index (χ4v) is 2.00. The first-order valence-electron chi connectivity index (χ1n) is 3.53. The lowest BCUT2D eigenvalue weighted by Gasteiger charge is -2.18. The lowest BCUT2D eigenvalue weighted by atomic mass is 9.99. The van der Waals surface area contributed by atoms with Gasteiger partial charge in [-0.2, -0.15) is 0 Å². The molecule has 1 aromatic heterocycles. The van der Waals surface area contributed by atoms with Crippen LogP contribution in [-0.2, 0) is 10.3 Å². The summed E-state index contributed by atoms with van der Waals surface area (Å²) < 4.78 is 0. The third-order valence-electron chi connectivity index (χ3n) is 1.78. The Hall–Kier alpha value is -0.870. The van der Waals surface area contributed by atoms with E-state index in [9.17, 15) is 4.79 Å². The van der Waals surface area contributed by atoms with E-state index < -0.39 is 11.5 Å². The Morgan fingerprint density at radius 2 is 2.33 bits per heavy atom. The molecule has 0 saturated heterocycles. The second kappa shape index (κ2) is 2.88. The van der Waals surface area contributed by atoms with Gasteiger partial charge in [0.15, 0.2) is 0 Å². The first kappa shape index (κ1) is 9.22. The Bertz CT molecular complexity index is 304. The summed E-state index contributed by atoms with van der Waals surface area (Å²) in [5.41, 5.74) is 5.32. The minimum atomic E-state index is -1.25. The molecule has 0 spiro atoms. The van der Waals surface area contributed by atoms with Crippen LogP contribution in [0, 0.1) is 6.92 Å². The van der Waals surface area contributed by atoms with Gasteiger partial charge in [0.25, 0.3) is 0 Å². The van der Waals surface area contributed by atoms with Gasteiger partial charge >= 0.3 is 5.97 Å². The number of carbonyl (C=O) groups is 1. The average molecular weight is 185 g/mol. The molecule has 0 aromatic carbocycles. The minimum absolute atomic E-state index is 0.718. The second-order valence-corrected chi connectivity index (χ2v) is 3.86. The highest BCUT2D eigenvalue weighted by Crippen LogP contribution is 2.26. The van der Waals surface area contributed by atoms with Crippen LogP contribution in [0.4, 0.5) is 0 Å². The molecule has 1 aromatic rings. The number of aliphatic carboxylic acids is 1. The standard InChI is InChI=1S/C8H11NO2S/c1-5-3-4-12-6(5)8(2,9)7(10)11/h3-4H,9H2,1-2H3,(H,10,11). The van der Waals surface area contributed by atoms with E-state index in [-0.39, 0.29) is 0 Å². The zero-order valence-corrected chi connectivity index (χ0v) is 7.81. The van der Waals surface area contributed by atoms with Crippen molar-refractivity contribution in [2.24, 2.45) is 5.73 Å². The van der Waals surface area contributed by atoms with Gasteiger partial charge in [-0.3, -0.25) is 0 Å². The van der Waals surface area contributed by atoms with E-state index in [0.717, 1.165) is 10.4 Å². The molecule has 0 radical (unpaired) electrons. The molecule has 0 saturated carbocycles. The molecule has 66 valence electrons. The Morgan fingerprint density at radius 3 is 2.67 bits per heavy atom. The van der Waals surface area contributed by atoms with Gasteiger partial charge in [0, 0.05) is 4.88 Å². The van der Waals surface area contributed by atoms with E-state index in [1.54, 1.807) is 0 Å². The van der Waals surface area contributed by atoms with E-state index in [0.29, 0.717) is 0 Å². The molecule has 0 bridgehead atoms. The topological polar surface area (TPSA) is 63.3 Å². The third-order valence-corrected chi connectivity index (χ3v) is 3.03. The van der Waals surface area contributed by atoms with Gasteiger partial charge in [0.05, 0.1) is 0 Å². The summed E-state index contributed by atoms with van der Waals surface area (Å²) in [6.45, 7) is 3.37. The Morgan fingerprint density at radius 1 is 1.75 bits per heavy atom. The molecule has 12 heavy (non-hydrogen) atoms. The van der Waals surface area contributed by atoms with Crippen LogP contribution in [0.15, 0.2) is 11.4 Å². The predicted octanol–water partition coefficient (Wildman–Crippen LogP) is 1.32. The maximum absolute atomic E-state index is 10.8. The van der Waals surface area contributed by atoms with Gasteiger partial charge in [-0.1, -0.05) is 0 Å². The molecule has 0 aliphatic heterocycles. The zero-order chi connectivity index (χ0) is 9.35.